The third kappa shape index (κ3) is 3.66. The van der Waals surface area contributed by atoms with E-state index in [0.29, 0.717) is 0 Å². The Morgan fingerprint density at radius 3 is 2.95 bits per heavy atom. The predicted molar refractivity (Wildman–Crippen MR) is 72.6 cm³/mol. The minimum atomic E-state index is -0.988. The van der Waals surface area contributed by atoms with E-state index in [1.54, 1.807) is 11.9 Å². The van der Waals surface area contributed by atoms with Crippen LogP contribution in [0, 0.1) is 15.9 Å². The fourth-order valence-electron chi connectivity index (χ4n) is 2.15. The fraction of sp³-hybridized carbons (Fsp3) is 0.462. The number of nitro groups is 1. The molecule has 0 spiro atoms. The lowest BCUT2D eigenvalue weighted by Gasteiger charge is -2.23. The van der Waals surface area contributed by atoms with Crippen molar-refractivity contribution in [1.82, 2.24) is 10.2 Å². The Morgan fingerprint density at radius 2 is 2.38 bits per heavy atom. The molecule has 21 heavy (non-hydrogen) atoms. The van der Waals surface area contributed by atoms with Crippen LogP contribution in [0.1, 0.15) is 6.42 Å². The molecule has 1 amide bonds. The molecule has 1 atom stereocenters. The molecule has 0 aromatic heterocycles. The molecule has 1 aliphatic heterocycles. The number of likely N-dealkylation sites (N-methyl/N-ethyl adjacent to an activating group) is 1. The second-order valence-corrected chi connectivity index (χ2v) is 4.81. The molecule has 0 radical (unpaired) electrons. The highest BCUT2D eigenvalue weighted by atomic mass is 19.1. The zero-order valence-corrected chi connectivity index (χ0v) is 11.5. The summed E-state index contributed by atoms with van der Waals surface area (Å²) < 4.78 is 18.6. The van der Waals surface area contributed by atoms with Crippen LogP contribution < -0.4 is 10.1 Å². The van der Waals surface area contributed by atoms with Gasteiger partial charge in [-0.05, 0) is 19.0 Å². The lowest BCUT2D eigenvalue weighted by atomic mass is 10.2. The molecule has 1 N–H and O–H groups in total. The molecule has 1 aromatic carbocycles. The summed E-state index contributed by atoms with van der Waals surface area (Å²) in [6, 6.07) is 3.32. The first kappa shape index (κ1) is 15.2. The SMILES string of the molecule is CN(C(=O)COc1ccc([N+](=O)[O-])c(F)c1)C1CCNC1. The summed E-state index contributed by atoms with van der Waals surface area (Å²) in [6.45, 7) is 1.38. The normalized spacial score (nSPS) is 17.5. The second kappa shape index (κ2) is 6.49. The molecule has 1 heterocycles. The molecule has 1 fully saturated rings. The minimum Gasteiger partial charge on any atom is -0.484 e. The van der Waals surface area contributed by atoms with Gasteiger partial charge in [-0.15, -0.1) is 0 Å². The fourth-order valence-corrected chi connectivity index (χ4v) is 2.15. The highest BCUT2D eigenvalue weighted by Gasteiger charge is 2.23. The van der Waals surface area contributed by atoms with Crippen molar-refractivity contribution in [3.05, 3.63) is 34.1 Å². The van der Waals surface area contributed by atoms with E-state index < -0.39 is 16.4 Å². The zero-order chi connectivity index (χ0) is 15.4. The van der Waals surface area contributed by atoms with Gasteiger partial charge in [0.15, 0.2) is 6.61 Å². The highest BCUT2D eigenvalue weighted by Crippen LogP contribution is 2.22. The van der Waals surface area contributed by atoms with Gasteiger partial charge in [-0.1, -0.05) is 0 Å². The quantitative estimate of drug-likeness (QED) is 0.645. The van der Waals surface area contributed by atoms with Gasteiger partial charge in [-0.2, -0.15) is 4.39 Å². The molecule has 0 aliphatic carbocycles. The van der Waals surface area contributed by atoms with Crippen LogP contribution >= 0.6 is 0 Å². The first-order valence-electron chi connectivity index (χ1n) is 6.52. The van der Waals surface area contributed by atoms with Crippen molar-refractivity contribution < 1.29 is 18.8 Å². The Morgan fingerprint density at radius 1 is 1.62 bits per heavy atom. The number of nitro benzene ring substituents is 1. The molecule has 1 unspecified atom stereocenters. The number of hydrogen-bond donors (Lipinski definition) is 1. The van der Waals surface area contributed by atoms with Crippen LogP contribution in [0.2, 0.25) is 0 Å². The predicted octanol–water partition coefficient (Wildman–Crippen LogP) is 0.933. The van der Waals surface area contributed by atoms with Crippen LogP contribution in [0.4, 0.5) is 10.1 Å². The number of amides is 1. The summed E-state index contributed by atoms with van der Waals surface area (Å²) in [4.78, 5) is 23.2. The van der Waals surface area contributed by atoms with Gasteiger partial charge in [0, 0.05) is 31.8 Å². The van der Waals surface area contributed by atoms with Gasteiger partial charge in [0.05, 0.1) is 4.92 Å². The van der Waals surface area contributed by atoms with Gasteiger partial charge >= 0.3 is 5.69 Å². The molecule has 0 bridgehead atoms. The summed E-state index contributed by atoms with van der Waals surface area (Å²) in [7, 11) is 1.69. The van der Waals surface area contributed by atoms with Crippen LogP contribution in [0.25, 0.3) is 0 Å². The Bertz CT molecular complexity index is 546. The van der Waals surface area contributed by atoms with Crippen molar-refractivity contribution in [2.75, 3.05) is 26.7 Å². The number of carbonyl (C=O) groups excluding carboxylic acids is 1. The van der Waals surface area contributed by atoms with E-state index in [1.165, 1.54) is 6.07 Å². The monoisotopic (exact) mass is 297 g/mol. The molecular weight excluding hydrogens is 281 g/mol. The Hall–Kier alpha value is -2.22. The Labute approximate surface area is 120 Å². The smallest absolute Gasteiger partial charge is 0.305 e. The number of ether oxygens (including phenoxy) is 1. The molecule has 7 nitrogen and oxygen atoms in total. The number of nitrogens with one attached hydrogen (secondary N) is 1. The topological polar surface area (TPSA) is 84.7 Å². The molecule has 0 saturated carbocycles. The van der Waals surface area contributed by atoms with Crippen LogP contribution in [-0.2, 0) is 4.79 Å². The molecule has 2 rings (SSSR count). The van der Waals surface area contributed by atoms with E-state index in [0.717, 1.165) is 31.6 Å². The molecular formula is C13H16FN3O4. The average Bonchev–Trinajstić information content (AvgIpc) is 2.97. The first-order valence-corrected chi connectivity index (χ1v) is 6.52. The maximum Gasteiger partial charge on any atom is 0.305 e. The third-order valence-electron chi connectivity index (χ3n) is 3.45. The lowest BCUT2D eigenvalue weighted by molar-refractivity contribution is -0.387. The average molecular weight is 297 g/mol. The van der Waals surface area contributed by atoms with E-state index in [-0.39, 0.29) is 24.3 Å². The third-order valence-corrected chi connectivity index (χ3v) is 3.45. The number of hydrogen-bond acceptors (Lipinski definition) is 5. The first-order chi connectivity index (χ1) is 9.99. The second-order valence-electron chi connectivity index (χ2n) is 4.81. The molecule has 8 heteroatoms. The number of rotatable bonds is 5. The summed E-state index contributed by atoms with van der Waals surface area (Å²) in [5.41, 5.74) is -0.622. The van der Waals surface area contributed by atoms with Crippen molar-refractivity contribution in [3.63, 3.8) is 0 Å². The van der Waals surface area contributed by atoms with Crippen LogP contribution in [0.15, 0.2) is 18.2 Å². The Kier molecular flexibility index (Phi) is 4.69. The van der Waals surface area contributed by atoms with Crippen molar-refractivity contribution in [2.24, 2.45) is 0 Å². The molecule has 1 aliphatic rings. The standard InChI is InChI=1S/C13H16FN3O4/c1-16(9-4-5-15-7-9)13(18)8-21-10-2-3-12(17(19)20)11(14)6-10/h2-3,6,9,15H,4-5,7-8H2,1H3. The van der Waals surface area contributed by atoms with Crippen molar-refractivity contribution in [2.45, 2.75) is 12.5 Å². The van der Waals surface area contributed by atoms with E-state index in [9.17, 15) is 19.3 Å². The number of benzene rings is 1. The van der Waals surface area contributed by atoms with Gasteiger partial charge in [-0.3, -0.25) is 14.9 Å². The number of carbonyl (C=O) groups is 1. The number of nitrogens with zero attached hydrogens (tertiary/aromatic N) is 2. The van der Waals surface area contributed by atoms with Crippen LogP contribution in [-0.4, -0.2) is 48.5 Å². The molecule has 114 valence electrons. The van der Waals surface area contributed by atoms with E-state index in [2.05, 4.69) is 5.32 Å². The van der Waals surface area contributed by atoms with E-state index >= 15 is 0 Å². The van der Waals surface area contributed by atoms with Gasteiger partial charge < -0.3 is 15.0 Å². The van der Waals surface area contributed by atoms with E-state index in [1.807, 2.05) is 0 Å². The van der Waals surface area contributed by atoms with Crippen LogP contribution in [0.5, 0.6) is 5.75 Å². The van der Waals surface area contributed by atoms with Gasteiger partial charge in [0.2, 0.25) is 5.82 Å². The maximum atomic E-state index is 13.4. The summed E-state index contributed by atoms with van der Waals surface area (Å²) in [5, 5.41) is 13.7. The van der Waals surface area contributed by atoms with Crippen molar-refractivity contribution in [1.29, 1.82) is 0 Å². The van der Waals surface area contributed by atoms with Gasteiger partial charge in [-0.25, -0.2) is 0 Å². The van der Waals surface area contributed by atoms with E-state index in [4.69, 9.17) is 4.74 Å². The van der Waals surface area contributed by atoms with Crippen molar-refractivity contribution >= 4 is 11.6 Å². The summed E-state index contributed by atoms with van der Waals surface area (Å²) >= 11 is 0. The molecule has 1 aromatic rings. The largest absolute Gasteiger partial charge is 0.484 e. The molecule has 1 saturated heterocycles. The van der Waals surface area contributed by atoms with Crippen LogP contribution in [0.3, 0.4) is 0 Å². The highest BCUT2D eigenvalue weighted by molar-refractivity contribution is 5.77. The summed E-state index contributed by atoms with van der Waals surface area (Å²) in [6.07, 6.45) is 0.883. The minimum absolute atomic E-state index is 0.0874. The van der Waals surface area contributed by atoms with Gasteiger partial charge in [0.25, 0.3) is 5.91 Å². The lowest BCUT2D eigenvalue weighted by Crippen LogP contribution is -2.40. The maximum absolute atomic E-state index is 13.4. The zero-order valence-electron chi connectivity index (χ0n) is 11.5. The van der Waals surface area contributed by atoms with Crippen molar-refractivity contribution in [3.8, 4) is 5.75 Å². The number of halogens is 1. The van der Waals surface area contributed by atoms with Gasteiger partial charge in [0.1, 0.15) is 5.75 Å². The Balaban J connectivity index is 1.91. The summed E-state index contributed by atoms with van der Waals surface area (Å²) in [5.74, 6) is -1.12.